The van der Waals surface area contributed by atoms with Crippen LogP contribution in [0.2, 0.25) is 0 Å². The number of hydrogen-bond donors (Lipinski definition) is 1. The summed E-state index contributed by atoms with van der Waals surface area (Å²) in [6.45, 7) is 2.42. The van der Waals surface area contributed by atoms with Gasteiger partial charge >= 0.3 is 0 Å². The first-order chi connectivity index (χ1) is 14.4. The normalized spacial score (nSPS) is 19.6. The summed E-state index contributed by atoms with van der Waals surface area (Å²) >= 11 is 1.37. The molecule has 3 aromatic heterocycles. The van der Waals surface area contributed by atoms with E-state index >= 15 is 0 Å². The van der Waals surface area contributed by atoms with Gasteiger partial charge in [0, 0.05) is 30.0 Å². The molecule has 2 atom stereocenters. The number of likely N-dealkylation sites (tertiary alicyclic amines) is 1. The van der Waals surface area contributed by atoms with Crippen LogP contribution < -0.4 is 5.73 Å². The Morgan fingerprint density at radius 1 is 1.27 bits per heavy atom. The van der Waals surface area contributed by atoms with E-state index in [1.807, 2.05) is 6.92 Å². The Balaban J connectivity index is 1.55. The summed E-state index contributed by atoms with van der Waals surface area (Å²) in [4.78, 5) is 27.3. The molecule has 1 fully saturated rings. The highest BCUT2D eigenvalue weighted by Crippen LogP contribution is 2.31. The van der Waals surface area contributed by atoms with Crippen molar-refractivity contribution >= 4 is 39.7 Å². The van der Waals surface area contributed by atoms with E-state index in [1.54, 1.807) is 15.8 Å². The molecule has 1 aliphatic rings. The highest BCUT2D eigenvalue weighted by molar-refractivity contribution is 7.07. The molecule has 4 heterocycles. The molecule has 0 radical (unpaired) electrons. The number of thiazole rings is 1. The molecule has 11 heteroatoms. The first-order valence-electron chi connectivity index (χ1n) is 9.42. The van der Waals surface area contributed by atoms with E-state index in [0.29, 0.717) is 18.1 Å². The van der Waals surface area contributed by atoms with Gasteiger partial charge in [-0.25, -0.2) is 23.7 Å². The number of carbonyl (C=O) groups is 1. The predicted molar refractivity (Wildman–Crippen MR) is 107 cm³/mol. The number of amides is 1. The van der Waals surface area contributed by atoms with Gasteiger partial charge in [-0.1, -0.05) is 0 Å². The number of hydrogen-bond acceptors (Lipinski definition) is 7. The van der Waals surface area contributed by atoms with Gasteiger partial charge in [0.25, 0.3) is 5.91 Å². The maximum Gasteiger partial charge on any atom is 0.273 e. The molecule has 1 aromatic carbocycles. The van der Waals surface area contributed by atoms with E-state index in [4.69, 9.17) is 5.73 Å². The van der Waals surface area contributed by atoms with Gasteiger partial charge in [0.1, 0.15) is 17.0 Å². The van der Waals surface area contributed by atoms with Crippen LogP contribution in [0.15, 0.2) is 23.0 Å². The molecule has 2 N–H and O–H groups in total. The number of aromatic nitrogens is 5. The fraction of sp³-hybridized carbons (Fsp3) is 0.316. The van der Waals surface area contributed by atoms with Crippen LogP contribution in [-0.4, -0.2) is 48.0 Å². The van der Waals surface area contributed by atoms with Gasteiger partial charge in [-0.3, -0.25) is 4.79 Å². The van der Waals surface area contributed by atoms with Gasteiger partial charge in [-0.15, -0.1) is 16.4 Å². The lowest BCUT2D eigenvalue weighted by Gasteiger charge is -2.36. The molecule has 1 amide bonds. The van der Waals surface area contributed by atoms with Gasteiger partial charge < -0.3 is 10.6 Å². The summed E-state index contributed by atoms with van der Waals surface area (Å²) in [7, 11) is 0. The number of anilines is 1. The molecule has 0 spiro atoms. The zero-order chi connectivity index (χ0) is 21.0. The fourth-order valence-corrected chi connectivity index (χ4v) is 4.44. The average Bonchev–Trinajstić information content (AvgIpc) is 3.39. The molecule has 30 heavy (non-hydrogen) atoms. The van der Waals surface area contributed by atoms with Crippen LogP contribution in [-0.2, 0) is 0 Å². The molecule has 0 unspecified atom stereocenters. The summed E-state index contributed by atoms with van der Waals surface area (Å²) in [6.07, 6.45) is 1.54. The first kappa shape index (κ1) is 18.8. The van der Waals surface area contributed by atoms with E-state index < -0.39 is 11.6 Å². The summed E-state index contributed by atoms with van der Waals surface area (Å²) < 4.78 is 29.3. The van der Waals surface area contributed by atoms with Crippen molar-refractivity contribution in [1.82, 2.24) is 29.5 Å². The molecule has 1 aliphatic heterocycles. The van der Waals surface area contributed by atoms with Gasteiger partial charge in [0.2, 0.25) is 5.95 Å². The fourth-order valence-electron chi connectivity index (χ4n) is 3.91. The number of piperidine rings is 1. The van der Waals surface area contributed by atoms with Crippen LogP contribution in [0.5, 0.6) is 0 Å². The molecular formula is C19H17F2N7OS. The highest BCUT2D eigenvalue weighted by atomic mass is 32.1. The summed E-state index contributed by atoms with van der Waals surface area (Å²) in [5.74, 6) is -1.39. The maximum absolute atomic E-state index is 14.2. The number of nitrogen functional groups attached to an aromatic ring is 1. The Bertz CT molecular complexity index is 1270. The summed E-state index contributed by atoms with van der Waals surface area (Å²) in [6, 6.07) is 1.98. The van der Waals surface area contributed by atoms with Crippen LogP contribution in [0, 0.1) is 11.6 Å². The molecule has 0 saturated carbocycles. The largest absolute Gasteiger partial charge is 0.368 e. The SMILES string of the molecule is C[C@H]1CC[C@@H](c2nc3c4cc(F)cc(F)c4nc(N)n3n2)CN1C(=O)c1cscn1. The summed E-state index contributed by atoms with van der Waals surface area (Å²) in [5, 5.41) is 6.37. The lowest BCUT2D eigenvalue weighted by molar-refractivity contribution is 0.0601. The van der Waals surface area contributed by atoms with Crippen LogP contribution in [0.4, 0.5) is 14.7 Å². The van der Waals surface area contributed by atoms with Crippen molar-refractivity contribution in [3.05, 3.63) is 46.2 Å². The van der Waals surface area contributed by atoms with Crippen LogP contribution >= 0.6 is 11.3 Å². The van der Waals surface area contributed by atoms with Crippen molar-refractivity contribution in [1.29, 1.82) is 0 Å². The van der Waals surface area contributed by atoms with Crippen LogP contribution in [0.3, 0.4) is 0 Å². The molecule has 1 saturated heterocycles. The van der Waals surface area contributed by atoms with Crippen molar-refractivity contribution < 1.29 is 13.6 Å². The highest BCUT2D eigenvalue weighted by Gasteiger charge is 2.33. The van der Waals surface area contributed by atoms with Crippen molar-refractivity contribution in [3.63, 3.8) is 0 Å². The third-order valence-electron chi connectivity index (χ3n) is 5.50. The lowest BCUT2D eigenvalue weighted by Crippen LogP contribution is -2.45. The molecule has 4 aromatic rings. The van der Waals surface area contributed by atoms with Gasteiger partial charge in [-0.05, 0) is 25.8 Å². The van der Waals surface area contributed by atoms with E-state index in [9.17, 15) is 13.6 Å². The number of benzene rings is 1. The standard InChI is InChI=1S/C19H17F2N7OS/c1-9-2-3-10(6-27(9)18(29)14-7-30-8-23-14)16-25-17-12-4-11(20)5-13(21)15(12)24-19(22)28(17)26-16/h4-5,7-10H,2-3,6H2,1H3,(H2,22,24)/t9-,10+/m0/s1. The minimum absolute atomic E-state index is 0.0404. The molecule has 0 aliphatic carbocycles. The van der Waals surface area contributed by atoms with E-state index in [2.05, 4.69) is 20.1 Å². The molecule has 8 nitrogen and oxygen atoms in total. The van der Waals surface area contributed by atoms with Gasteiger partial charge in [0.15, 0.2) is 17.3 Å². The maximum atomic E-state index is 14.2. The van der Waals surface area contributed by atoms with Crippen LogP contribution in [0.1, 0.15) is 42.0 Å². The second-order valence-corrected chi connectivity index (χ2v) is 8.13. The summed E-state index contributed by atoms with van der Waals surface area (Å²) in [5.41, 5.74) is 8.18. The number of rotatable bonds is 2. The van der Waals surface area contributed by atoms with Crippen molar-refractivity contribution in [2.24, 2.45) is 0 Å². The Kier molecular flexibility index (Phi) is 4.35. The molecule has 154 valence electrons. The van der Waals surface area contributed by atoms with Crippen molar-refractivity contribution in [2.45, 2.75) is 31.7 Å². The number of carbonyl (C=O) groups excluding carboxylic acids is 1. The van der Waals surface area contributed by atoms with E-state index in [-0.39, 0.29) is 40.4 Å². The van der Waals surface area contributed by atoms with E-state index in [0.717, 1.165) is 18.9 Å². The Morgan fingerprint density at radius 3 is 2.87 bits per heavy atom. The monoisotopic (exact) mass is 429 g/mol. The third kappa shape index (κ3) is 2.96. The number of fused-ring (bicyclic) bond motifs is 3. The minimum Gasteiger partial charge on any atom is -0.368 e. The molecule has 5 rings (SSSR count). The first-order valence-corrected chi connectivity index (χ1v) is 10.4. The lowest BCUT2D eigenvalue weighted by atomic mass is 9.92. The van der Waals surface area contributed by atoms with Crippen molar-refractivity contribution in [2.75, 3.05) is 12.3 Å². The Morgan fingerprint density at radius 2 is 2.10 bits per heavy atom. The van der Waals surface area contributed by atoms with Gasteiger partial charge in [0.05, 0.1) is 10.9 Å². The second kappa shape index (κ2) is 6.94. The second-order valence-electron chi connectivity index (χ2n) is 7.41. The third-order valence-corrected chi connectivity index (χ3v) is 6.08. The molecular weight excluding hydrogens is 412 g/mol. The Labute approximate surface area is 173 Å². The minimum atomic E-state index is -0.810. The number of nitrogens with two attached hydrogens (primary N) is 1. The quantitative estimate of drug-likeness (QED) is 0.526. The number of nitrogens with zero attached hydrogens (tertiary/aromatic N) is 6. The zero-order valence-corrected chi connectivity index (χ0v) is 16.7. The van der Waals surface area contributed by atoms with E-state index in [1.165, 1.54) is 21.9 Å². The van der Waals surface area contributed by atoms with Gasteiger partial charge in [-0.2, -0.15) is 4.52 Å². The van der Waals surface area contributed by atoms with Crippen LogP contribution in [0.25, 0.3) is 16.6 Å². The zero-order valence-electron chi connectivity index (χ0n) is 15.9. The Hall–Kier alpha value is -3.21. The predicted octanol–water partition coefficient (Wildman–Crippen LogP) is 3.00. The van der Waals surface area contributed by atoms with Crippen molar-refractivity contribution in [3.8, 4) is 0 Å². The topological polar surface area (TPSA) is 102 Å². The molecule has 0 bridgehead atoms. The smallest absolute Gasteiger partial charge is 0.273 e. The average molecular weight is 429 g/mol. The number of halogens is 2.